The van der Waals surface area contributed by atoms with Crippen molar-refractivity contribution in [3.8, 4) is 11.5 Å². The first-order valence-electron chi connectivity index (χ1n) is 11.3. The maximum absolute atomic E-state index is 13.1. The molecule has 0 aromatic heterocycles. The number of nitrogens with zero attached hydrogens (tertiary/aromatic N) is 1. The average molecular weight is 500 g/mol. The summed E-state index contributed by atoms with van der Waals surface area (Å²) in [4.78, 5) is 41.7. The quantitative estimate of drug-likeness (QED) is 0.0936. The van der Waals surface area contributed by atoms with Crippen LogP contribution < -0.4 is 33.6 Å². The molecule has 0 radical (unpaired) electrons. The third-order valence-corrected chi connectivity index (χ3v) is 5.34. The number of nitrogens with two attached hydrogens (primary N) is 4. The molecule has 0 saturated carbocycles. The van der Waals surface area contributed by atoms with Gasteiger partial charge in [-0.25, -0.2) is 0 Å². The molecule has 194 valence electrons. The summed E-state index contributed by atoms with van der Waals surface area (Å²) in [6, 6.07) is 9.33. The van der Waals surface area contributed by atoms with Crippen molar-refractivity contribution in [2.24, 2.45) is 27.9 Å². The Hall–Kier alpha value is -4.32. The first-order valence-corrected chi connectivity index (χ1v) is 11.3. The minimum Gasteiger partial charge on any atom is -0.508 e. The number of guanidine groups is 1. The van der Waals surface area contributed by atoms with Crippen molar-refractivity contribution in [1.82, 2.24) is 10.6 Å². The van der Waals surface area contributed by atoms with Crippen LogP contribution >= 0.6 is 0 Å². The van der Waals surface area contributed by atoms with Crippen molar-refractivity contribution in [3.05, 3.63) is 59.7 Å². The van der Waals surface area contributed by atoms with E-state index in [1.54, 1.807) is 24.3 Å². The molecule has 0 aliphatic rings. The Labute approximate surface area is 208 Å². The van der Waals surface area contributed by atoms with Crippen LogP contribution in [0, 0.1) is 0 Å². The SMILES string of the molecule is NC(=O)C(Cc1ccc(O)cc1)NC(=O)[C@H](CCCN=C(N)N)NC(=O)[C@@H](N)Cc1ccc(O)cc1. The number of amides is 3. The third-order valence-electron chi connectivity index (χ3n) is 5.34. The highest BCUT2D eigenvalue weighted by molar-refractivity contribution is 5.92. The molecule has 2 aromatic carbocycles. The van der Waals surface area contributed by atoms with Gasteiger partial charge in [-0.05, 0) is 54.7 Å². The van der Waals surface area contributed by atoms with E-state index >= 15 is 0 Å². The van der Waals surface area contributed by atoms with Crippen molar-refractivity contribution in [1.29, 1.82) is 0 Å². The second kappa shape index (κ2) is 13.5. The number of carbonyl (C=O) groups is 3. The van der Waals surface area contributed by atoms with E-state index in [-0.39, 0.29) is 43.3 Å². The fraction of sp³-hybridized carbons (Fsp3) is 0.333. The van der Waals surface area contributed by atoms with E-state index in [4.69, 9.17) is 22.9 Å². The van der Waals surface area contributed by atoms with Gasteiger partial charge in [-0.3, -0.25) is 19.4 Å². The Balaban J connectivity index is 2.09. The van der Waals surface area contributed by atoms with Gasteiger partial charge in [-0.2, -0.15) is 0 Å². The molecule has 3 amide bonds. The molecule has 12 nitrogen and oxygen atoms in total. The van der Waals surface area contributed by atoms with Crippen LogP contribution in [0.3, 0.4) is 0 Å². The zero-order valence-electron chi connectivity index (χ0n) is 19.8. The lowest BCUT2D eigenvalue weighted by atomic mass is 10.0. The van der Waals surface area contributed by atoms with E-state index in [9.17, 15) is 24.6 Å². The topological polar surface area (TPSA) is 232 Å². The molecule has 12 N–H and O–H groups in total. The Morgan fingerprint density at radius 2 is 1.28 bits per heavy atom. The molecule has 0 aliphatic heterocycles. The molecule has 0 aliphatic carbocycles. The van der Waals surface area contributed by atoms with E-state index in [1.807, 2.05) is 0 Å². The van der Waals surface area contributed by atoms with Gasteiger partial charge in [0, 0.05) is 13.0 Å². The molecular weight excluding hydrogens is 466 g/mol. The Morgan fingerprint density at radius 1 is 0.778 bits per heavy atom. The number of benzene rings is 2. The molecule has 36 heavy (non-hydrogen) atoms. The number of carbonyl (C=O) groups excluding carboxylic acids is 3. The second-order valence-electron chi connectivity index (χ2n) is 8.32. The number of phenolic OH excluding ortho intramolecular Hbond substituents is 2. The van der Waals surface area contributed by atoms with Crippen molar-refractivity contribution < 1.29 is 24.6 Å². The lowest BCUT2D eigenvalue weighted by Crippen LogP contribution is -2.56. The predicted octanol–water partition coefficient (Wildman–Crippen LogP) is -1.28. The highest BCUT2D eigenvalue weighted by Gasteiger charge is 2.27. The number of rotatable bonds is 13. The van der Waals surface area contributed by atoms with E-state index < -0.39 is 35.8 Å². The molecular formula is C24H33N7O5. The van der Waals surface area contributed by atoms with Gasteiger partial charge in [0.1, 0.15) is 23.6 Å². The van der Waals surface area contributed by atoms with Gasteiger partial charge in [0.25, 0.3) is 0 Å². The molecule has 3 atom stereocenters. The predicted molar refractivity (Wildman–Crippen MR) is 135 cm³/mol. The molecule has 0 bridgehead atoms. The Kier molecular flexibility index (Phi) is 10.5. The molecule has 0 fully saturated rings. The summed E-state index contributed by atoms with van der Waals surface area (Å²) in [6.07, 6.45) is 0.809. The first-order chi connectivity index (χ1) is 17.0. The van der Waals surface area contributed by atoms with E-state index in [0.29, 0.717) is 12.0 Å². The van der Waals surface area contributed by atoms with Crippen LogP contribution in [0.1, 0.15) is 24.0 Å². The average Bonchev–Trinajstić information content (AvgIpc) is 2.82. The number of phenols is 2. The molecule has 1 unspecified atom stereocenters. The third kappa shape index (κ3) is 9.50. The van der Waals surface area contributed by atoms with Gasteiger partial charge in [0.15, 0.2) is 5.96 Å². The maximum Gasteiger partial charge on any atom is 0.243 e. The van der Waals surface area contributed by atoms with Crippen LogP contribution in [0.4, 0.5) is 0 Å². The monoisotopic (exact) mass is 499 g/mol. The highest BCUT2D eigenvalue weighted by Crippen LogP contribution is 2.13. The summed E-state index contributed by atoms with van der Waals surface area (Å²) in [5.74, 6) is -1.90. The summed E-state index contributed by atoms with van der Waals surface area (Å²) in [5.41, 5.74) is 23.6. The number of hydrogen-bond donors (Lipinski definition) is 8. The lowest BCUT2D eigenvalue weighted by Gasteiger charge is -2.23. The zero-order chi connectivity index (χ0) is 26.7. The summed E-state index contributed by atoms with van der Waals surface area (Å²) in [7, 11) is 0. The molecule has 0 spiro atoms. The number of hydrogen-bond acceptors (Lipinski definition) is 7. The van der Waals surface area contributed by atoms with Gasteiger partial charge in [-0.1, -0.05) is 24.3 Å². The summed E-state index contributed by atoms with van der Waals surface area (Å²) in [5, 5.41) is 24.1. The Morgan fingerprint density at radius 3 is 1.78 bits per heavy atom. The standard InChI is InChI=1S/C24H33N7O5/c25-18(12-14-3-7-16(32)8-4-14)22(35)30-19(2-1-11-29-24(27)28)23(36)31-20(21(26)34)13-15-5-9-17(33)10-6-15/h3-10,18-20,32-33H,1-2,11-13,25H2,(H2,26,34)(H,30,35)(H,31,36)(H4,27,28,29)/t18-,19-,20?/m0/s1. The second-order valence-corrected chi connectivity index (χ2v) is 8.32. The van der Waals surface area contributed by atoms with Crippen LogP contribution in [0.15, 0.2) is 53.5 Å². The fourth-order valence-corrected chi connectivity index (χ4v) is 3.39. The lowest BCUT2D eigenvalue weighted by molar-refractivity contribution is -0.131. The fourth-order valence-electron chi connectivity index (χ4n) is 3.39. The van der Waals surface area contributed by atoms with Crippen LogP contribution in [-0.2, 0) is 27.2 Å². The van der Waals surface area contributed by atoms with Crippen molar-refractivity contribution in [3.63, 3.8) is 0 Å². The van der Waals surface area contributed by atoms with Gasteiger partial charge >= 0.3 is 0 Å². The van der Waals surface area contributed by atoms with E-state index in [0.717, 1.165) is 5.56 Å². The summed E-state index contributed by atoms with van der Waals surface area (Å²) < 4.78 is 0. The van der Waals surface area contributed by atoms with Crippen molar-refractivity contribution in [2.75, 3.05) is 6.54 Å². The number of aliphatic imine (C=N–C) groups is 1. The van der Waals surface area contributed by atoms with Gasteiger partial charge in [0.2, 0.25) is 17.7 Å². The molecule has 2 aromatic rings. The number of nitrogens with one attached hydrogen (secondary N) is 2. The minimum absolute atomic E-state index is 0.0607. The van der Waals surface area contributed by atoms with Gasteiger partial charge < -0.3 is 43.8 Å². The van der Waals surface area contributed by atoms with E-state index in [1.165, 1.54) is 24.3 Å². The molecule has 2 rings (SSSR count). The normalized spacial score (nSPS) is 13.1. The van der Waals surface area contributed by atoms with Crippen LogP contribution in [0.5, 0.6) is 11.5 Å². The van der Waals surface area contributed by atoms with Crippen LogP contribution in [-0.4, -0.2) is 58.6 Å². The zero-order valence-corrected chi connectivity index (χ0v) is 19.8. The summed E-state index contributed by atoms with van der Waals surface area (Å²) in [6.45, 7) is 0.230. The molecule has 0 saturated heterocycles. The van der Waals surface area contributed by atoms with Gasteiger partial charge in [-0.15, -0.1) is 0 Å². The Bertz CT molecular complexity index is 1050. The minimum atomic E-state index is -1.05. The molecule has 0 heterocycles. The number of primary amides is 1. The van der Waals surface area contributed by atoms with Crippen molar-refractivity contribution in [2.45, 2.75) is 43.8 Å². The largest absolute Gasteiger partial charge is 0.508 e. The number of aromatic hydroxyl groups is 2. The summed E-state index contributed by atoms with van der Waals surface area (Å²) >= 11 is 0. The highest BCUT2D eigenvalue weighted by atomic mass is 16.3. The molecule has 12 heteroatoms. The smallest absolute Gasteiger partial charge is 0.243 e. The maximum atomic E-state index is 13.1. The first kappa shape index (κ1) is 27.9. The van der Waals surface area contributed by atoms with Crippen molar-refractivity contribution >= 4 is 23.7 Å². The van der Waals surface area contributed by atoms with E-state index in [2.05, 4.69) is 15.6 Å². The van der Waals surface area contributed by atoms with Gasteiger partial charge in [0.05, 0.1) is 6.04 Å². The van der Waals surface area contributed by atoms with Crippen LogP contribution in [0.2, 0.25) is 0 Å². The van der Waals surface area contributed by atoms with Crippen LogP contribution in [0.25, 0.3) is 0 Å².